The lowest BCUT2D eigenvalue weighted by Crippen LogP contribution is -2.40. The summed E-state index contributed by atoms with van der Waals surface area (Å²) in [6, 6.07) is -0.390. The number of hydrogen-bond donors (Lipinski definition) is 2. The first-order valence-electron chi connectivity index (χ1n) is 6.30. The summed E-state index contributed by atoms with van der Waals surface area (Å²) in [5.41, 5.74) is 7.23. The Labute approximate surface area is 116 Å². The highest BCUT2D eigenvalue weighted by Gasteiger charge is 2.23. The van der Waals surface area contributed by atoms with Crippen LogP contribution in [0.5, 0.6) is 0 Å². The fourth-order valence-corrected chi connectivity index (χ4v) is 2.98. The van der Waals surface area contributed by atoms with Crippen molar-refractivity contribution < 1.29 is 4.79 Å². The third-order valence-corrected chi connectivity index (χ3v) is 4.43. The predicted octanol–water partition coefficient (Wildman–Crippen LogP) is 1.65. The normalized spacial score (nSPS) is 14.5. The molecule has 2 aromatic rings. The molecule has 2 rings (SSSR count). The zero-order valence-corrected chi connectivity index (χ0v) is 12.4. The van der Waals surface area contributed by atoms with Gasteiger partial charge in [0.15, 0.2) is 10.8 Å². The van der Waals surface area contributed by atoms with Crippen molar-refractivity contribution in [2.75, 3.05) is 5.32 Å². The van der Waals surface area contributed by atoms with E-state index in [0.717, 1.165) is 27.6 Å². The first-order chi connectivity index (χ1) is 8.93. The minimum Gasteiger partial charge on any atom is -0.368 e. The van der Waals surface area contributed by atoms with Crippen LogP contribution in [0.1, 0.15) is 26.0 Å². The number of hydrogen-bond acceptors (Lipinski definition) is 5. The lowest BCUT2D eigenvalue weighted by molar-refractivity contribution is -0.119. The summed E-state index contributed by atoms with van der Waals surface area (Å²) in [5, 5.41) is 8.17. The summed E-state index contributed by atoms with van der Waals surface area (Å²) in [5.74, 6) is -0.174. The minimum atomic E-state index is -0.390. The average molecular weight is 281 g/mol. The average Bonchev–Trinajstić information content (AvgIpc) is 2.88. The monoisotopic (exact) mass is 281 g/mol. The summed E-state index contributed by atoms with van der Waals surface area (Å²) in [6.45, 7) is 5.99. The van der Waals surface area contributed by atoms with Crippen molar-refractivity contribution >= 4 is 32.7 Å². The Balaban J connectivity index is 2.29. The smallest absolute Gasteiger partial charge is 0.240 e. The lowest BCUT2D eigenvalue weighted by atomic mass is 9.99. The number of amides is 1. The Morgan fingerprint density at radius 1 is 1.58 bits per heavy atom. The zero-order valence-electron chi connectivity index (χ0n) is 11.6. The Morgan fingerprint density at radius 2 is 2.26 bits per heavy atom. The van der Waals surface area contributed by atoms with Crippen LogP contribution in [-0.2, 0) is 11.8 Å². The number of carbonyl (C=O) groups excluding carboxylic acids is 1. The van der Waals surface area contributed by atoms with Gasteiger partial charge in [-0.1, -0.05) is 31.6 Å². The van der Waals surface area contributed by atoms with E-state index in [-0.39, 0.29) is 17.9 Å². The van der Waals surface area contributed by atoms with Crippen LogP contribution in [0.4, 0.5) is 5.13 Å². The second-order valence-electron chi connectivity index (χ2n) is 4.79. The van der Waals surface area contributed by atoms with Gasteiger partial charge in [0.25, 0.3) is 0 Å². The van der Waals surface area contributed by atoms with E-state index in [1.165, 1.54) is 11.3 Å². The van der Waals surface area contributed by atoms with E-state index in [1.807, 2.05) is 27.8 Å². The summed E-state index contributed by atoms with van der Waals surface area (Å²) in [4.78, 5) is 16.0. The second kappa shape index (κ2) is 5.16. The van der Waals surface area contributed by atoms with Crippen LogP contribution in [0, 0.1) is 12.8 Å². The zero-order chi connectivity index (χ0) is 14.2. The molecule has 0 bridgehead atoms. The van der Waals surface area contributed by atoms with Crippen LogP contribution in [0.2, 0.25) is 0 Å². The Hall–Kier alpha value is -1.63. The van der Waals surface area contributed by atoms with E-state index in [2.05, 4.69) is 15.4 Å². The molecule has 0 spiro atoms. The molecule has 1 amide bonds. The summed E-state index contributed by atoms with van der Waals surface area (Å²) < 4.78 is 2.78. The molecule has 0 unspecified atom stereocenters. The predicted molar refractivity (Wildman–Crippen MR) is 77.2 cm³/mol. The Bertz CT molecular complexity index is 568. The third kappa shape index (κ3) is 2.56. The van der Waals surface area contributed by atoms with Gasteiger partial charge in [0.2, 0.25) is 5.91 Å². The Kier molecular flexibility index (Phi) is 3.75. The molecule has 104 valence electrons. The molecule has 7 heteroatoms. The molecule has 0 saturated heterocycles. The number of primary amides is 1. The summed E-state index contributed by atoms with van der Waals surface area (Å²) >= 11 is 1.51. The van der Waals surface area contributed by atoms with E-state index < -0.39 is 0 Å². The molecule has 0 aliphatic rings. The molecule has 0 aromatic carbocycles. The number of rotatable bonds is 5. The van der Waals surface area contributed by atoms with E-state index in [1.54, 1.807) is 4.68 Å². The molecule has 2 heterocycles. The van der Waals surface area contributed by atoms with Crippen molar-refractivity contribution in [1.29, 1.82) is 0 Å². The molecule has 0 saturated carbocycles. The van der Waals surface area contributed by atoms with Gasteiger partial charge in [-0.3, -0.25) is 4.79 Å². The highest BCUT2D eigenvalue weighted by Crippen LogP contribution is 2.29. The highest BCUT2D eigenvalue weighted by atomic mass is 32.1. The number of nitrogens with zero attached hydrogens (tertiary/aromatic N) is 3. The van der Waals surface area contributed by atoms with Gasteiger partial charge in [0.05, 0.1) is 10.4 Å². The Morgan fingerprint density at radius 3 is 2.79 bits per heavy atom. The number of aromatic nitrogens is 3. The quantitative estimate of drug-likeness (QED) is 0.872. The molecule has 2 atom stereocenters. The van der Waals surface area contributed by atoms with Crippen molar-refractivity contribution in [3.8, 4) is 0 Å². The van der Waals surface area contributed by atoms with E-state index in [9.17, 15) is 4.79 Å². The number of nitrogens with one attached hydrogen (secondary N) is 1. The number of aryl methyl sites for hydroxylation is 2. The van der Waals surface area contributed by atoms with Gasteiger partial charge in [-0.25, -0.2) is 9.67 Å². The van der Waals surface area contributed by atoms with Crippen molar-refractivity contribution in [2.45, 2.75) is 33.2 Å². The van der Waals surface area contributed by atoms with Crippen molar-refractivity contribution in [1.82, 2.24) is 14.8 Å². The van der Waals surface area contributed by atoms with Gasteiger partial charge in [-0.05, 0) is 12.8 Å². The molecule has 3 N–H and O–H groups in total. The number of nitrogens with two attached hydrogens (primary N) is 1. The van der Waals surface area contributed by atoms with Gasteiger partial charge in [0, 0.05) is 7.05 Å². The molecular weight excluding hydrogens is 262 g/mol. The van der Waals surface area contributed by atoms with Crippen LogP contribution in [0.15, 0.2) is 0 Å². The SMILES string of the molecule is CC[C@H](C)[C@H](Nc1nc2c(s1)c(C)nn2C)C(N)=O. The van der Waals surface area contributed by atoms with Crippen molar-refractivity contribution in [2.24, 2.45) is 18.7 Å². The van der Waals surface area contributed by atoms with Crippen molar-refractivity contribution in [3.05, 3.63) is 5.69 Å². The first kappa shape index (κ1) is 13.8. The fourth-order valence-electron chi connectivity index (χ4n) is 2.01. The van der Waals surface area contributed by atoms with Gasteiger partial charge >= 0.3 is 0 Å². The number of carbonyl (C=O) groups is 1. The molecular formula is C12H19N5OS. The topological polar surface area (TPSA) is 85.8 Å². The summed E-state index contributed by atoms with van der Waals surface area (Å²) in [6.07, 6.45) is 0.881. The molecule has 2 aromatic heterocycles. The molecule has 0 aliphatic heterocycles. The van der Waals surface area contributed by atoms with Gasteiger partial charge in [0.1, 0.15) is 6.04 Å². The molecule has 0 aliphatic carbocycles. The second-order valence-corrected chi connectivity index (χ2v) is 5.79. The molecule has 19 heavy (non-hydrogen) atoms. The maximum atomic E-state index is 11.5. The fraction of sp³-hybridized carbons (Fsp3) is 0.583. The number of anilines is 1. The maximum Gasteiger partial charge on any atom is 0.240 e. The summed E-state index contributed by atoms with van der Waals surface area (Å²) in [7, 11) is 1.86. The van der Waals surface area contributed by atoms with Gasteiger partial charge in [-0.2, -0.15) is 5.10 Å². The van der Waals surface area contributed by atoms with Crippen LogP contribution in [-0.4, -0.2) is 26.7 Å². The van der Waals surface area contributed by atoms with E-state index >= 15 is 0 Å². The molecule has 6 nitrogen and oxygen atoms in total. The van der Waals surface area contributed by atoms with Gasteiger partial charge < -0.3 is 11.1 Å². The standard InChI is InChI=1S/C12H19N5OS/c1-5-6(2)8(10(13)18)14-12-15-11-9(19-12)7(3)16-17(11)4/h6,8H,5H2,1-4H3,(H2,13,18)(H,14,15)/t6-,8-/m0/s1. The van der Waals surface area contributed by atoms with Crippen LogP contribution in [0.3, 0.4) is 0 Å². The number of thiazole rings is 1. The molecule has 0 fully saturated rings. The third-order valence-electron chi connectivity index (χ3n) is 3.34. The van der Waals surface area contributed by atoms with Crippen molar-refractivity contribution in [3.63, 3.8) is 0 Å². The van der Waals surface area contributed by atoms with Gasteiger partial charge in [-0.15, -0.1) is 0 Å². The largest absolute Gasteiger partial charge is 0.368 e. The lowest BCUT2D eigenvalue weighted by Gasteiger charge is -2.20. The number of fused-ring (bicyclic) bond motifs is 1. The van der Waals surface area contributed by atoms with Crippen LogP contribution >= 0.6 is 11.3 Å². The van der Waals surface area contributed by atoms with Crippen LogP contribution in [0.25, 0.3) is 10.3 Å². The highest BCUT2D eigenvalue weighted by molar-refractivity contribution is 7.22. The van der Waals surface area contributed by atoms with E-state index in [0.29, 0.717) is 0 Å². The maximum absolute atomic E-state index is 11.5. The molecule has 0 radical (unpaired) electrons. The minimum absolute atomic E-state index is 0.170. The first-order valence-corrected chi connectivity index (χ1v) is 7.11. The van der Waals surface area contributed by atoms with E-state index in [4.69, 9.17) is 5.73 Å². The van der Waals surface area contributed by atoms with Crippen LogP contribution < -0.4 is 11.1 Å².